The molecule has 17 heavy (non-hydrogen) atoms. The minimum Gasteiger partial charge on any atom is -0.368 e. The van der Waals surface area contributed by atoms with Crippen molar-refractivity contribution in [3.05, 3.63) is 28.8 Å². The lowest BCUT2D eigenvalue weighted by Crippen LogP contribution is -2.34. The van der Waals surface area contributed by atoms with E-state index in [1.54, 1.807) is 6.07 Å². The van der Waals surface area contributed by atoms with Crippen LogP contribution in [-0.2, 0) is 0 Å². The molecule has 0 aliphatic carbocycles. The Hall–Kier alpha value is -1.02. The number of carbonyl (C=O) groups excluding carboxylic acids is 1. The molecule has 0 aromatic heterocycles. The lowest BCUT2D eigenvalue weighted by molar-refractivity contribution is 0.112. The smallest absolute Gasteiger partial charge is 0.153 e. The molecule has 0 radical (unpaired) electrons. The van der Waals surface area contributed by atoms with Crippen LogP contribution < -0.4 is 4.90 Å². The highest BCUT2D eigenvalue weighted by Crippen LogP contribution is 2.28. The minimum atomic E-state index is 0.342. The van der Waals surface area contributed by atoms with Crippen LogP contribution in [0.4, 0.5) is 5.69 Å². The number of benzene rings is 1. The van der Waals surface area contributed by atoms with Gasteiger partial charge in [-0.25, -0.2) is 0 Å². The SMILES string of the molecule is CC(C)CN(c1cccc(Cl)c1C=O)C(C)C. The van der Waals surface area contributed by atoms with Gasteiger partial charge in [-0.3, -0.25) is 4.79 Å². The fourth-order valence-corrected chi connectivity index (χ4v) is 2.09. The maximum absolute atomic E-state index is 11.1. The number of rotatable bonds is 5. The first-order valence-corrected chi connectivity index (χ1v) is 6.35. The first kappa shape index (κ1) is 14.0. The van der Waals surface area contributed by atoms with E-state index in [-0.39, 0.29) is 0 Å². The van der Waals surface area contributed by atoms with Gasteiger partial charge < -0.3 is 4.90 Å². The van der Waals surface area contributed by atoms with Gasteiger partial charge in [-0.1, -0.05) is 31.5 Å². The summed E-state index contributed by atoms with van der Waals surface area (Å²) in [6.45, 7) is 9.50. The molecule has 0 aliphatic heterocycles. The average Bonchev–Trinajstić information content (AvgIpc) is 2.25. The summed E-state index contributed by atoms with van der Waals surface area (Å²) in [5.41, 5.74) is 1.51. The van der Waals surface area contributed by atoms with Gasteiger partial charge in [-0.2, -0.15) is 0 Å². The largest absolute Gasteiger partial charge is 0.368 e. The Kier molecular flexibility index (Phi) is 5.01. The van der Waals surface area contributed by atoms with E-state index in [4.69, 9.17) is 11.6 Å². The Labute approximate surface area is 109 Å². The molecular formula is C14H20ClNO. The van der Waals surface area contributed by atoms with Crippen molar-refractivity contribution in [1.29, 1.82) is 0 Å². The third-order valence-electron chi connectivity index (χ3n) is 2.64. The second-order valence-electron chi connectivity index (χ2n) is 4.93. The van der Waals surface area contributed by atoms with Crippen LogP contribution in [0, 0.1) is 5.92 Å². The minimum absolute atomic E-state index is 0.342. The van der Waals surface area contributed by atoms with Crippen molar-refractivity contribution in [1.82, 2.24) is 0 Å². The predicted molar refractivity (Wildman–Crippen MR) is 74.2 cm³/mol. The Morgan fingerprint density at radius 2 is 1.94 bits per heavy atom. The summed E-state index contributed by atoms with van der Waals surface area (Å²) < 4.78 is 0. The van der Waals surface area contributed by atoms with E-state index in [2.05, 4.69) is 32.6 Å². The molecule has 0 bridgehead atoms. The highest BCUT2D eigenvalue weighted by molar-refractivity contribution is 6.33. The topological polar surface area (TPSA) is 20.3 Å². The molecule has 94 valence electrons. The van der Waals surface area contributed by atoms with E-state index in [0.717, 1.165) is 18.5 Å². The molecule has 0 atom stereocenters. The molecule has 0 N–H and O–H groups in total. The summed E-state index contributed by atoms with van der Waals surface area (Å²) in [7, 11) is 0. The van der Waals surface area contributed by atoms with Crippen LogP contribution >= 0.6 is 11.6 Å². The Morgan fingerprint density at radius 3 is 2.41 bits per heavy atom. The molecule has 1 rings (SSSR count). The van der Waals surface area contributed by atoms with Crippen LogP contribution in [0.2, 0.25) is 5.02 Å². The fourth-order valence-electron chi connectivity index (χ4n) is 1.87. The van der Waals surface area contributed by atoms with Gasteiger partial charge in [0.1, 0.15) is 0 Å². The van der Waals surface area contributed by atoms with Crippen LogP contribution in [0.5, 0.6) is 0 Å². The molecule has 0 spiro atoms. The first-order valence-electron chi connectivity index (χ1n) is 5.97. The summed E-state index contributed by atoms with van der Waals surface area (Å²) in [5.74, 6) is 0.538. The molecular weight excluding hydrogens is 234 g/mol. The zero-order valence-electron chi connectivity index (χ0n) is 10.9. The molecule has 1 aromatic carbocycles. The molecule has 0 saturated carbocycles. The zero-order chi connectivity index (χ0) is 13.0. The normalized spacial score (nSPS) is 11.0. The quantitative estimate of drug-likeness (QED) is 0.739. The van der Waals surface area contributed by atoms with Gasteiger partial charge in [0.25, 0.3) is 0 Å². The summed E-state index contributed by atoms with van der Waals surface area (Å²) >= 11 is 6.06. The highest BCUT2D eigenvalue weighted by Gasteiger charge is 2.17. The molecule has 0 heterocycles. The van der Waals surface area contributed by atoms with Crippen LogP contribution in [0.1, 0.15) is 38.1 Å². The van der Waals surface area contributed by atoms with Crippen LogP contribution in [0.25, 0.3) is 0 Å². The van der Waals surface area contributed by atoms with Gasteiger partial charge in [-0.05, 0) is 31.9 Å². The number of carbonyl (C=O) groups is 1. The van der Waals surface area contributed by atoms with E-state index in [1.165, 1.54) is 0 Å². The van der Waals surface area contributed by atoms with E-state index in [9.17, 15) is 4.79 Å². The van der Waals surface area contributed by atoms with Crippen LogP contribution in [0.15, 0.2) is 18.2 Å². The third-order valence-corrected chi connectivity index (χ3v) is 2.97. The first-order chi connectivity index (χ1) is 7.97. The number of anilines is 1. The maximum atomic E-state index is 11.1. The van der Waals surface area contributed by atoms with E-state index >= 15 is 0 Å². The molecule has 1 aromatic rings. The Morgan fingerprint density at radius 1 is 1.29 bits per heavy atom. The fraction of sp³-hybridized carbons (Fsp3) is 0.500. The van der Waals surface area contributed by atoms with Gasteiger partial charge in [0.05, 0.1) is 10.6 Å². The molecule has 0 unspecified atom stereocenters. The second-order valence-corrected chi connectivity index (χ2v) is 5.34. The van der Waals surface area contributed by atoms with Gasteiger partial charge in [0.15, 0.2) is 6.29 Å². The van der Waals surface area contributed by atoms with Crippen molar-refractivity contribution >= 4 is 23.6 Å². The highest BCUT2D eigenvalue weighted by atomic mass is 35.5. The van der Waals surface area contributed by atoms with Crippen LogP contribution in [-0.4, -0.2) is 18.9 Å². The molecule has 2 nitrogen and oxygen atoms in total. The second kappa shape index (κ2) is 6.06. The van der Waals surface area contributed by atoms with E-state index in [1.807, 2.05) is 12.1 Å². The van der Waals surface area contributed by atoms with Gasteiger partial charge in [-0.15, -0.1) is 0 Å². The summed E-state index contributed by atoms with van der Waals surface area (Å²) in [6, 6.07) is 5.94. The number of hydrogen-bond acceptors (Lipinski definition) is 2. The average molecular weight is 254 g/mol. The van der Waals surface area contributed by atoms with Crippen molar-refractivity contribution in [2.45, 2.75) is 33.7 Å². The van der Waals surface area contributed by atoms with Gasteiger partial charge in [0.2, 0.25) is 0 Å². The molecule has 0 aliphatic rings. The van der Waals surface area contributed by atoms with Crippen LogP contribution in [0.3, 0.4) is 0 Å². The van der Waals surface area contributed by atoms with Crippen molar-refractivity contribution < 1.29 is 4.79 Å². The summed E-state index contributed by atoms with van der Waals surface area (Å²) in [6.07, 6.45) is 0.841. The van der Waals surface area contributed by atoms with Crippen molar-refractivity contribution in [2.75, 3.05) is 11.4 Å². The van der Waals surface area contributed by atoms with Gasteiger partial charge in [0, 0.05) is 18.3 Å². The molecule has 0 fully saturated rings. The lowest BCUT2D eigenvalue weighted by Gasteiger charge is -2.32. The van der Waals surface area contributed by atoms with E-state index < -0.39 is 0 Å². The third kappa shape index (κ3) is 3.47. The maximum Gasteiger partial charge on any atom is 0.153 e. The zero-order valence-corrected chi connectivity index (χ0v) is 11.7. The monoisotopic (exact) mass is 253 g/mol. The van der Waals surface area contributed by atoms with E-state index in [0.29, 0.717) is 22.5 Å². The van der Waals surface area contributed by atoms with Crippen molar-refractivity contribution in [3.63, 3.8) is 0 Å². The summed E-state index contributed by atoms with van der Waals surface area (Å²) in [4.78, 5) is 13.4. The molecule has 3 heteroatoms. The summed E-state index contributed by atoms with van der Waals surface area (Å²) in [5, 5.41) is 0.520. The van der Waals surface area contributed by atoms with Crippen molar-refractivity contribution in [3.8, 4) is 0 Å². The number of aldehydes is 1. The molecule has 0 saturated heterocycles. The van der Waals surface area contributed by atoms with Gasteiger partial charge >= 0.3 is 0 Å². The standard InChI is InChI=1S/C14H20ClNO/c1-10(2)8-16(11(3)4)14-7-5-6-13(15)12(14)9-17/h5-7,9-11H,8H2,1-4H3. The predicted octanol–water partition coefficient (Wildman–Crippen LogP) is 4.02. The number of hydrogen-bond donors (Lipinski definition) is 0. The number of nitrogens with zero attached hydrogens (tertiary/aromatic N) is 1. The number of halogens is 1. The Balaban J connectivity index is 3.18. The lowest BCUT2D eigenvalue weighted by atomic mass is 10.1. The van der Waals surface area contributed by atoms with Crippen molar-refractivity contribution in [2.24, 2.45) is 5.92 Å². The Bertz CT molecular complexity index is 388. The molecule has 0 amide bonds.